The molecule has 0 aromatic carbocycles. The van der Waals surface area contributed by atoms with Gasteiger partial charge in [-0.15, -0.1) is 11.8 Å². The molecule has 0 saturated carbocycles. The molecule has 1 rings (SSSR count). The zero-order chi connectivity index (χ0) is 12.7. The lowest BCUT2D eigenvalue weighted by atomic mass is 10.2. The third-order valence-corrected chi connectivity index (χ3v) is 3.44. The first-order valence-corrected chi connectivity index (χ1v) is 6.64. The highest BCUT2D eigenvalue weighted by molar-refractivity contribution is 7.99. The van der Waals surface area contributed by atoms with Gasteiger partial charge >= 0.3 is 0 Å². The average Bonchev–Trinajstić information content (AvgIpc) is 2.37. The van der Waals surface area contributed by atoms with E-state index in [1.54, 1.807) is 0 Å². The van der Waals surface area contributed by atoms with Gasteiger partial charge in [-0.2, -0.15) is 0 Å². The van der Waals surface area contributed by atoms with Crippen molar-refractivity contribution in [2.24, 2.45) is 0 Å². The summed E-state index contributed by atoms with van der Waals surface area (Å²) in [4.78, 5) is 8.41. The van der Waals surface area contributed by atoms with Crippen LogP contribution >= 0.6 is 11.8 Å². The molecule has 0 bridgehead atoms. The number of nitrogens with zero attached hydrogens (tertiary/aromatic N) is 2. The number of hydrogen-bond donors (Lipinski definition) is 3. The van der Waals surface area contributed by atoms with E-state index in [0.717, 1.165) is 29.2 Å². The van der Waals surface area contributed by atoms with Gasteiger partial charge in [0.25, 0.3) is 0 Å². The minimum atomic E-state index is -0.706. The minimum Gasteiger partial charge on any atom is -0.394 e. The van der Waals surface area contributed by atoms with E-state index in [1.165, 1.54) is 18.1 Å². The third kappa shape index (κ3) is 4.14. The van der Waals surface area contributed by atoms with Crippen molar-refractivity contribution in [2.45, 2.75) is 30.9 Å². The molecule has 1 heterocycles. The van der Waals surface area contributed by atoms with Gasteiger partial charge in [-0.05, 0) is 6.42 Å². The number of aliphatic hydroxyl groups is 2. The molecule has 0 fully saturated rings. The Morgan fingerprint density at radius 2 is 2.24 bits per heavy atom. The lowest BCUT2D eigenvalue weighted by Gasteiger charge is -2.12. The number of anilines is 1. The Bertz CT molecular complexity index is 349. The number of thioether (sulfide) groups is 1. The van der Waals surface area contributed by atoms with E-state index < -0.39 is 6.10 Å². The first-order valence-electron chi connectivity index (χ1n) is 5.66. The largest absolute Gasteiger partial charge is 0.394 e. The fourth-order valence-corrected chi connectivity index (χ4v) is 2.39. The van der Waals surface area contributed by atoms with Gasteiger partial charge in [-0.1, -0.05) is 13.3 Å². The molecule has 96 valence electrons. The Labute approximate surface area is 106 Å². The molecular formula is C11H19N3O2S. The van der Waals surface area contributed by atoms with Crippen molar-refractivity contribution < 1.29 is 10.2 Å². The Balaban J connectivity index is 2.82. The standard InChI is InChI=1S/C11H19N3O2S/c1-3-4-9-10(12-2)13-7-14-11(9)17-6-8(16)5-15/h7-8,15-16H,3-6H2,1-2H3,(H,12,13,14). The molecule has 1 aromatic heterocycles. The lowest BCUT2D eigenvalue weighted by molar-refractivity contribution is 0.113. The molecule has 0 radical (unpaired) electrons. The maximum Gasteiger partial charge on any atom is 0.133 e. The number of nitrogens with one attached hydrogen (secondary N) is 1. The molecule has 0 spiro atoms. The molecule has 0 saturated heterocycles. The Morgan fingerprint density at radius 3 is 2.82 bits per heavy atom. The predicted molar refractivity (Wildman–Crippen MR) is 69.4 cm³/mol. The molecule has 1 unspecified atom stereocenters. The van der Waals surface area contributed by atoms with Crippen LogP contribution in [0.15, 0.2) is 11.4 Å². The monoisotopic (exact) mass is 257 g/mol. The zero-order valence-corrected chi connectivity index (χ0v) is 11.0. The molecule has 0 aliphatic rings. The summed E-state index contributed by atoms with van der Waals surface area (Å²) in [7, 11) is 1.83. The van der Waals surface area contributed by atoms with Crippen molar-refractivity contribution in [3.63, 3.8) is 0 Å². The highest BCUT2D eigenvalue weighted by atomic mass is 32.2. The average molecular weight is 257 g/mol. The summed E-state index contributed by atoms with van der Waals surface area (Å²) in [5.41, 5.74) is 1.08. The summed E-state index contributed by atoms with van der Waals surface area (Å²) >= 11 is 1.45. The van der Waals surface area contributed by atoms with Crippen LogP contribution in [0.1, 0.15) is 18.9 Å². The van der Waals surface area contributed by atoms with Crippen LogP contribution in [0.25, 0.3) is 0 Å². The van der Waals surface area contributed by atoms with Crippen molar-refractivity contribution in [3.8, 4) is 0 Å². The van der Waals surface area contributed by atoms with Crippen molar-refractivity contribution in [3.05, 3.63) is 11.9 Å². The van der Waals surface area contributed by atoms with E-state index in [0.29, 0.717) is 5.75 Å². The predicted octanol–water partition coefficient (Wildman–Crippen LogP) is 0.916. The fraction of sp³-hybridized carbons (Fsp3) is 0.636. The summed E-state index contributed by atoms with van der Waals surface area (Å²) in [6, 6.07) is 0. The van der Waals surface area contributed by atoms with E-state index in [1.807, 2.05) is 7.05 Å². The third-order valence-electron chi connectivity index (χ3n) is 2.27. The second-order valence-corrected chi connectivity index (χ2v) is 4.66. The van der Waals surface area contributed by atoms with Crippen LogP contribution in [0.3, 0.4) is 0 Å². The van der Waals surface area contributed by atoms with Crippen LogP contribution in [0.2, 0.25) is 0 Å². The summed E-state index contributed by atoms with van der Waals surface area (Å²) in [6.45, 7) is 1.88. The van der Waals surface area contributed by atoms with Gasteiger partial charge in [0.1, 0.15) is 17.2 Å². The molecule has 5 nitrogen and oxygen atoms in total. The van der Waals surface area contributed by atoms with Gasteiger partial charge in [-0.3, -0.25) is 0 Å². The van der Waals surface area contributed by atoms with Gasteiger partial charge in [0.15, 0.2) is 0 Å². The molecule has 6 heteroatoms. The molecular weight excluding hydrogens is 238 g/mol. The van der Waals surface area contributed by atoms with Gasteiger partial charge < -0.3 is 15.5 Å². The summed E-state index contributed by atoms with van der Waals surface area (Å²) in [6.07, 6.45) is 2.72. The number of hydrogen-bond acceptors (Lipinski definition) is 6. The van der Waals surface area contributed by atoms with Crippen LogP contribution in [0.4, 0.5) is 5.82 Å². The smallest absolute Gasteiger partial charge is 0.133 e. The molecule has 1 atom stereocenters. The van der Waals surface area contributed by atoms with Gasteiger partial charge in [0.2, 0.25) is 0 Å². The SMILES string of the molecule is CCCc1c(NC)ncnc1SCC(O)CO. The van der Waals surface area contributed by atoms with Crippen LogP contribution < -0.4 is 5.32 Å². The number of aliphatic hydroxyl groups excluding tert-OH is 2. The first-order chi connectivity index (χ1) is 8.22. The normalized spacial score (nSPS) is 12.5. The Hall–Kier alpha value is -0.850. The topological polar surface area (TPSA) is 78.3 Å². The summed E-state index contributed by atoms with van der Waals surface area (Å²) in [5, 5.41) is 22.0. The maximum atomic E-state index is 9.34. The van der Waals surface area contributed by atoms with Gasteiger partial charge in [0, 0.05) is 18.4 Å². The summed E-state index contributed by atoms with van der Waals surface area (Å²) in [5.74, 6) is 1.27. The van der Waals surface area contributed by atoms with Gasteiger partial charge in [0.05, 0.1) is 12.7 Å². The van der Waals surface area contributed by atoms with Crippen LogP contribution in [0, 0.1) is 0 Å². The van der Waals surface area contributed by atoms with Crippen molar-refractivity contribution in [1.82, 2.24) is 9.97 Å². The minimum absolute atomic E-state index is 0.222. The van der Waals surface area contributed by atoms with E-state index in [4.69, 9.17) is 5.11 Å². The molecule has 0 aliphatic heterocycles. The van der Waals surface area contributed by atoms with Gasteiger partial charge in [-0.25, -0.2) is 9.97 Å². The molecule has 3 N–H and O–H groups in total. The van der Waals surface area contributed by atoms with E-state index in [-0.39, 0.29) is 6.61 Å². The first kappa shape index (κ1) is 14.2. The number of rotatable bonds is 7. The quantitative estimate of drug-likeness (QED) is 0.498. The Kier molecular flexibility index (Phi) is 6.25. The fourth-order valence-electron chi connectivity index (χ4n) is 1.44. The zero-order valence-electron chi connectivity index (χ0n) is 10.2. The molecule has 1 aromatic rings. The Morgan fingerprint density at radius 1 is 1.47 bits per heavy atom. The highest BCUT2D eigenvalue weighted by Gasteiger charge is 2.12. The second-order valence-electron chi connectivity index (χ2n) is 3.65. The van der Waals surface area contributed by atoms with E-state index >= 15 is 0 Å². The van der Waals surface area contributed by atoms with E-state index in [2.05, 4.69) is 22.2 Å². The number of aromatic nitrogens is 2. The van der Waals surface area contributed by atoms with E-state index in [9.17, 15) is 5.11 Å². The highest BCUT2D eigenvalue weighted by Crippen LogP contribution is 2.26. The molecule has 0 aliphatic carbocycles. The lowest BCUT2D eigenvalue weighted by Crippen LogP contribution is -2.15. The maximum absolute atomic E-state index is 9.34. The summed E-state index contributed by atoms with van der Waals surface area (Å²) < 4.78 is 0. The molecule has 17 heavy (non-hydrogen) atoms. The molecule has 0 amide bonds. The van der Waals surface area contributed by atoms with Crippen LogP contribution in [-0.4, -0.2) is 45.7 Å². The van der Waals surface area contributed by atoms with Crippen molar-refractivity contribution in [2.75, 3.05) is 24.7 Å². The van der Waals surface area contributed by atoms with Crippen LogP contribution in [0.5, 0.6) is 0 Å². The second kappa shape index (κ2) is 7.47. The van der Waals surface area contributed by atoms with Crippen LogP contribution in [-0.2, 0) is 6.42 Å². The van der Waals surface area contributed by atoms with Crippen molar-refractivity contribution >= 4 is 17.6 Å². The van der Waals surface area contributed by atoms with Crippen molar-refractivity contribution in [1.29, 1.82) is 0 Å².